The molecule has 1 saturated heterocycles. The Labute approximate surface area is 184 Å². The predicted octanol–water partition coefficient (Wildman–Crippen LogP) is 2.02. The van der Waals surface area contributed by atoms with E-state index in [0.717, 1.165) is 10.9 Å². The van der Waals surface area contributed by atoms with Crippen LogP contribution in [0.1, 0.15) is 24.0 Å². The molecule has 1 atom stereocenters. The molecule has 170 valence electrons. The molecule has 5 N–H and O–H groups in total. The van der Waals surface area contributed by atoms with Crippen molar-refractivity contribution in [3.63, 3.8) is 0 Å². The van der Waals surface area contributed by atoms with E-state index in [0.29, 0.717) is 42.9 Å². The lowest BCUT2D eigenvalue weighted by Gasteiger charge is -2.37. The van der Waals surface area contributed by atoms with E-state index in [-0.39, 0.29) is 24.7 Å². The normalized spacial score (nSPS) is 16.8. The number of hydrogen-bond donors (Lipinski definition) is 4. The molecule has 0 spiro atoms. The number of carbonyl (C=O) groups is 1. The third-order valence-electron chi connectivity index (χ3n) is 6.02. The number of halogens is 1. The number of pyridine rings is 1. The van der Waals surface area contributed by atoms with Crippen LogP contribution in [-0.4, -0.2) is 62.3 Å². The highest BCUT2D eigenvalue weighted by Gasteiger charge is 2.34. The molecule has 0 bridgehead atoms. The number of nitrogens with two attached hydrogens (primary N) is 1. The molecule has 1 fully saturated rings. The number of aryl methyl sites for hydroxylation is 1. The summed E-state index contributed by atoms with van der Waals surface area (Å²) in [6.45, 7) is 2.23. The second-order valence-corrected chi connectivity index (χ2v) is 8.39. The number of carbonyl (C=O) groups excluding carboxylic acids is 1. The van der Waals surface area contributed by atoms with Crippen molar-refractivity contribution in [2.45, 2.75) is 37.8 Å². The van der Waals surface area contributed by atoms with Crippen LogP contribution in [-0.2, 0) is 11.2 Å². The third kappa shape index (κ3) is 4.45. The Bertz CT molecular complexity index is 1120. The molecule has 0 aliphatic carbocycles. The van der Waals surface area contributed by atoms with Gasteiger partial charge in [0.2, 0.25) is 5.91 Å². The SMILES string of the molecule is Cc1c[nH]c2nccc(Oc3ccc(CC(N)C(=O)N4CCC(O)(CO)CC4)cc3F)c12. The molecule has 9 heteroatoms. The fourth-order valence-corrected chi connectivity index (χ4v) is 4.02. The number of nitrogens with one attached hydrogen (secondary N) is 1. The highest BCUT2D eigenvalue weighted by Crippen LogP contribution is 2.32. The molecule has 0 saturated carbocycles. The van der Waals surface area contributed by atoms with Gasteiger partial charge in [-0.2, -0.15) is 0 Å². The van der Waals surface area contributed by atoms with Crippen molar-refractivity contribution in [3.8, 4) is 11.5 Å². The Hall–Kier alpha value is -3.01. The van der Waals surface area contributed by atoms with Crippen molar-refractivity contribution >= 4 is 16.9 Å². The zero-order valence-corrected chi connectivity index (χ0v) is 17.8. The molecule has 1 unspecified atom stereocenters. The van der Waals surface area contributed by atoms with Crippen LogP contribution in [0.4, 0.5) is 4.39 Å². The number of amides is 1. The maximum atomic E-state index is 14.8. The second kappa shape index (κ2) is 8.85. The zero-order chi connectivity index (χ0) is 22.9. The maximum Gasteiger partial charge on any atom is 0.239 e. The molecular weight excluding hydrogens is 415 g/mol. The molecular formula is C23H27FN4O4. The molecule has 1 amide bonds. The molecule has 3 aromatic rings. The average molecular weight is 442 g/mol. The molecule has 1 aliphatic rings. The lowest BCUT2D eigenvalue weighted by Crippen LogP contribution is -2.53. The van der Waals surface area contributed by atoms with Gasteiger partial charge in [-0.15, -0.1) is 0 Å². The van der Waals surface area contributed by atoms with Crippen molar-refractivity contribution in [1.82, 2.24) is 14.9 Å². The number of piperidine rings is 1. The first-order valence-corrected chi connectivity index (χ1v) is 10.6. The highest BCUT2D eigenvalue weighted by atomic mass is 19.1. The van der Waals surface area contributed by atoms with Crippen LogP contribution in [0.15, 0.2) is 36.7 Å². The fourth-order valence-electron chi connectivity index (χ4n) is 4.02. The quantitative estimate of drug-likeness (QED) is 0.463. The number of aliphatic hydroxyl groups is 2. The summed E-state index contributed by atoms with van der Waals surface area (Å²) in [4.78, 5) is 21.5. The number of aromatic amines is 1. The Balaban J connectivity index is 1.42. The zero-order valence-electron chi connectivity index (χ0n) is 17.8. The van der Waals surface area contributed by atoms with Crippen LogP contribution in [0.5, 0.6) is 11.5 Å². The summed E-state index contributed by atoms with van der Waals surface area (Å²) in [5, 5.41) is 20.1. The van der Waals surface area contributed by atoms with Gasteiger partial charge in [-0.25, -0.2) is 9.37 Å². The van der Waals surface area contributed by atoms with E-state index >= 15 is 0 Å². The van der Waals surface area contributed by atoms with Crippen molar-refractivity contribution in [1.29, 1.82) is 0 Å². The minimum atomic E-state index is -1.14. The van der Waals surface area contributed by atoms with Gasteiger partial charge in [0.1, 0.15) is 11.4 Å². The second-order valence-electron chi connectivity index (χ2n) is 8.39. The van der Waals surface area contributed by atoms with Crippen molar-refractivity contribution in [3.05, 3.63) is 53.6 Å². The first-order valence-electron chi connectivity index (χ1n) is 10.6. The maximum absolute atomic E-state index is 14.8. The van der Waals surface area contributed by atoms with Crippen LogP contribution >= 0.6 is 0 Å². The number of fused-ring (bicyclic) bond motifs is 1. The van der Waals surface area contributed by atoms with Crippen LogP contribution < -0.4 is 10.5 Å². The largest absolute Gasteiger partial charge is 0.453 e. The molecule has 1 aliphatic heterocycles. The van der Waals surface area contributed by atoms with E-state index in [1.807, 2.05) is 13.1 Å². The van der Waals surface area contributed by atoms with Crippen LogP contribution in [0.25, 0.3) is 11.0 Å². The number of H-pyrrole nitrogens is 1. The number of rotatable bonds is 6. The van der Waals surface area contributed by atoms with Gasteiger partial charge in [0, 0.05) is 25.5 Å². The van der Waals surface area contributed by atoms with Crippen LogP contribution in [0.2, 0.25) is 0 Å². The van der Waals surface area contributed by atoms with Crippen LogP contribution in [0.3, 0.4) is 0 Å². The van der Waals surface area contributed by atoms with Gasteiger partial charge in [-0.1, -0.05) is 6.07 Å². The lowest BCUT2D eigenvalue weighted by atomic mass is 9.92. The minimum absolute atomic E-state index is 0.0704. The molecule has 4 rings (SSSR count). The number of aliphatic hydroxyl groups excluding tert-OH is 1. The van der Waals surface area contributed by atoms with E-state index < -0.39 is 17.5 Å². The fraction of sp³-hybridized carbons (Fsp3) is 0.391. The number of aromatic nitrogens is 2. The summed E-state index contributed by atoms with van der Waals surface area (Å²) in [6.07, 6.45) is 4.17. The summed E-state index contributed by atoms with van der Waals surface area (Å²) >= 11 is 0. The average Bonchev–Trinajstić information content (AvgIpc) is 3.17. The Morgan fingerprint density at radius 1 is 1.34 bits per heavy atom. The van der Waals surface area contributed by atoms with Gasteiger partial charge in [-0.05, 0) is 55.5 Å². The summed E-state index contributed by atoms with van der Waals surface area (Å²) in [6, 6.07) is 5.39. The summed E-state index contributed by atoms with van der Waals surface area (Å²) in [5.41, 5.74) is 7.14. The summed E-state index contributed by atoms with van der Waals surface area (Å²) in [5.74, 6) is -0.236. The monoisotopic (exact) mass is 442 g/mol. The van der Waals surface area contributed by atoms with Gasteiger partial charge >= 0.3 is 0 Å². The van der Waals surface area contributed by atoms with E-state index in [1.54, 1.807) is 23.2 Å². The topological polar surface area (TPSA) is 125 Å². The van der Waals surface area contributed by atoms with E-state index in [1.165, 1.54) is 12.1 Å². The van der Waals surface area contributed by atoms with Gasteiger partial charge in [-0.3, -0.25) is 4.79 Å². The van der Waals surface area contributed by atoms with Crippen LogP contribution in [0, 0.1) is 12.7 Å². The predicted molar refractivity (Wildman–Crippen MR) is 117 cm³/mol. The smallest absolute Gasteiger partial charge is 0.239 e. The number of likely N-dealkylation sites (tertiary alicyclic amines) is 1. The number of benzene rings is 1. The van der Waals surface area contributed by atoms with Gasteiger partial charge in [0.25, 0.3) is 0 Å². The van der Waals surface area contributed by atoms with E-state index in [2.05, 4.69) is 9.97 Å². The number of nitrogens with zero attached hydrogens (tertiary/aromatic N) is 2. The summed E-state index contributed by atoms with van der Waals surface area (Å²) < 4.78 is 20.6. The van der Waals surface area contributed by atoms with E-state index in [4.69, 9.17) is 10.5 Å². The highest BCUT2D eigenvalue weighted by molar-refractivity contribution is 5.86. The van der Waals surface area contributed by atoms with Gasteiger partial charge < -0.3 is 30.6 Å². The van der Waals surface area contributed by atoms with Crippen molar-refractivity contribution in [2.75, 3.05) is 19.7 Å². The first kappa shape index (κ1) is 22.2. The first-order chi connectivity index (χ1) is 15.3. The molecule has 8 nitrogen and oxygen atoms in total. The standard InChI is InChI=1S/C23H27FN4O4/c1-14-12-27-21-20(14)19(4-7-26-21)32-18-3-2-15(10-16(18)24)11-17(25)22(30)28-8-5-23(31,13-29)6-9-28/h2-4,7,10,12,17,29,31H,5-6,8-9,11,13,25H2,1H3,(H,26,27). The molecule has 2 aromatic heterocycles. The molecule has 32 heavy (non-hydrogen) atoms. The van der Waals surface area contributed by atoms with E-state index in [9.17, 15) is 19.4 Å². The Morgan fingerprint density at radius 3 is 2.78 bits per heavy atom. The minimum Gasteiger partial charge on any atom is -0.453 e. The molecule has 3 heterocycles. The lowest BCUT2D eigenvalue weighted by molar-refractivity contribution is -0.138. The Kier molecular flexibility index (Phi) is 6.14. The van der Waals surface area contributed by atoms with Gasteiger partial charge in [0.05, 0.1) is 23.6 Å². The Morgan fingerprint density at radius 2 is 2.09 bits per heavy atom. The third-order valence-corrected chi connectivity index (χ3v) is 6.02. The van der Waals surface area contributed by atoms with Crippen molar-refractivity contribution < 1.29 is 24.1 Å². The van der Waals surface area contributed by atoms with Crippen molar-refractivity contribution in [2.24, 2.45) is 5.73 Å². The number of ether oxygens (including phenoxy) is 1. The summed E-state index contributed by atoms with van der Waals surface area (Å²) in [7, 11) is 0. The molecule has 1 aromatic carbocycles. The van der Waals surface area contributed by atoms with Gasteiger partial charge in [0.15, 0.2) is 11.6 Å². The molecule has 0 radical (unpaired) electrons. The number of hydrogen-bond acceptors (Lipinski definition) is 6.